The largest absolute Gasteiger partial charge is 0.340 e. The molecule has 2 aromatic carbocycles. The molecule has 5 aromatic rings. The van der Waals surface area contributed by atoms with E-state index < -0.39 is 0 Å². The minimum atomic E-state index is -0.204. The number of nitrogens with zero attached hydrogens (tertiary/aromatic N) is 6. The van der Waals surface area contributed by atoms with Crippen LogP contribution in [0, 0.1) is 18.3 Å². The van der Waals surface area contributed by atoms with Gasteiger partial charge in [0.15, 0.2) is 0 Å². The molecule has 10 heteroatoms. The van der Waals surface area contributed by atoms with Gasteiger partial charge in [-0.1, -0.05) is 17.7 Å². The van der Waals surface area contributed by atoms with Gasteiger partial charge in [-0.15, -0.1) is 5.10 Å². The number of tetrazole rings is 1. The second-order valence-electron chi connectivity index (χ2n) is 12.1. The number of carbonyl (C=O) groups is 1. The van der Waals surface area contributed by atoms with Crippen LogP contribution in [-0.2, 0) is 11.2 Å². The van der Waals surface area contributed by atoms with Gasteiger partial charge in [-0.25, -0.2) is 4.98 Å². The second kappa shape index (κ2) is 7.87. The number of hydrogen-bond acceptors (Lipinski definition) is 6. The molecule has 2 saturated carbocycles. The lowest BCUT2D eigenvalue weighted by Gasteiger charge is -2.24. The third-order valence-electron chi connectivity index (χ3n) is 9.46. The topological polar surface area (TPSA) is 123 Å². The van der Waals surface area contributed by atoms with E-state index in [4.69, 9.17) is 4.98 Å². The minimum Gasteiger partial charge on any atom is -0.340 e. The van der Waals surface area contributed by atoms with Gasteiger partial charge in [0.25, 0.3) is 5.56 Å². The molecule has 5 heterocycles. The van der Waals surface area contributed by atoms with Gasteiger partial charge in [0.1, 0.15) is 12.2 Å². The highest BCUT2D eigenvalue weighted by atomic mass is 16.2. The van der Waals surface area contributed by atoms with E-state index in [2.05, 4.69) is 44.0 Å². The van der Waals surface area contributed by atoms with Crippen molar-refractivity contribution in [1.29, 1.82) is 0 Å². The van der Waals surface area contributed by atoms with E-state index in [0.29, 0.717) is 11.8 Å². The number of H-pyrrole nitrogens is 1. The molecule has 2 fully saturated rings. The molecule has 0 radical (unpaired) electrons. The molecule has 2 aliphatic heterocycles. The number of pyridine rings is 1. The van der Waals surface area contributed by atoms with Crippen molar-refractivity contribution < 1.29 is 4.79 Å². The molecule has 0 bridgehead atoms. The second-order valence-corrected chi connectivity index (χ2v) is 12.1. The molecular weight excluding hydrogens is 516 g/mol. The summed E-state index contributed by atoms with van der Waals surface area (Å²) in [5.74, 6) is 1.66. The molecule has 1 amide bonds. The Hall–Kier alpha value is -4.86. The number of imidazole rings is 1. The third kappa shape index (κ3) is 3.36. The molecule has 3 unspecified atom stereocenters. The zero-order valence-corrected chi connectivity index (χ0v) is 22.3. The molecule has 41 heavy (non-hydrogen) atoms. The molecule has 3 aromatic heterocycles. The number of aryl methyl sites for hydroxylation is 1. The van der Waals surface area contributed by atoms with Crippen molar-refractivity contribution in [3.63, 3.8) is 0 Å². The quantitative estimate of drug-likeness (QED) is 0.351. The number of carbonyl (C=O) groups excluding carboxylic acids is 1. The Morgan fingerprint density at radius 3 is 2.76 bits per heavy atom. The first-order valence-corrected chi connectivity index (χ1v) is 14.1. The van der Waals surface area contributed by atoms with Crippen LogP contribution in [-0.4, -0.2) is 40.6 Å². The summed E-state index contributed by atoms with van der Waals surface area (Å²) < 4.78 is 3.56. The monoisotopic (exact) mass is 542 g/mol. The first-order valence-electron chi connectivity index (χ1n) is 14.1. The van der Waals surface area contributed by atoms with Crippen molar-refractivity contribution in [3.8, 4) is 28.1 Å². The fourth-order valence-corrected chi connectivity index (χ4v) is 7.03. The van der Waals surface area contributed by atoms with E-state index in [1.165, 1.54) is 5.56 Å². The van der Waals surface area contributed by atoms with E-state index >= 15 is 0 Å². The lowest BCUT2D eigenvalue weighted by atomic mass is 9.89. The molecule has 3 atom stereocenters. The smallest absolute Gasteiger partial charge is 0.252 e. The summed E-state index contributed by atoms with van der Waals surface area (Å²) >= 11 is 0. The van der Waals surface area contributed by atoms with Gasteiger partial charge in [-0.2, -0.15) is 4.68 Å². The predicted molar refractivity (Wildman–Crippen MR) is 151 cm³/mol. The number of amides is 1. The number of aromatic nitrogens is 7. The summed E-state index contributed by atoms with van der Waals surface area (Å²) in [5.41, 5.74) is 8.59. The fourth-order valence-electron chi connectivity index (χ4n) is 7.03. The standard InChI is InChI=1S/C31H26N8O2/c1-16-2-5-25(38-15-33-36-37-38)20(8-16)18-10-26-21-12-22(21)28(39(26)27(40)11-18)29-32-14-24(34-29)17-3-4-23-19(9-17)13-31(6-7-31)30(41)35-23/h2-5,8-11,14-15,21-22,28H,6-7,12-13H2,1H3,(H,32,34)(H,35,41). The summed E-state index contributed by atoms with van der Waals surface area (Å²) in [6.45, 7) is 2.04. The SMILES string of the molecule is Cc1ccc(-n2cnnn2)c(-c2cc3n(c(=O)c2)C(c2ncc(-c4ccc5c(c4)CC4(CC4)C(=O)N5)[nH]2)C2CC32)c1. The Balaban J connectivity index is 1.08. The highest BCUT2D eigenvalue weighted by molar-refractivity contribution is 6.00. The molecule has 202 valence electrons. The van der Waals surface area contributed by atoms with Crippen LogP contribution in [0.15, 0.2) is 65.8 Å². The number of fused-ring (bicyclic) bond motifs is 4. The molecular formula is C31H26N8O2. The maximum Gasteiger partial charge on any atom is 0.252 e. The molecule has 1 spiro atoms. The molecule has 4 aliphatic rings. The molecule has 2 N–H and O–H groups in total. The lowest BCUT2D eigenvalue weighted by Crippen LogP contribution is -2.31. The number of benzene rings is 2. The predicted octanol–water partition coefficient (Wildman–Crippen LogP) is 4.17. The maximum atomic E-state index is 13.7. The summed E-state index contributed by atoms with van der Waals surface area (Å²) in [5, 5.41) is 14.7. The zero-order chi connectivity index (χ0) is 27.5. The Bertz CT molecular complexity index is 1970. The van der Waals surface area contributed by atoms with Crippen LogP contribution >= 0.6 is 0 Å². The van der Waals surface area contributed by atoms with Crippen LogP contribution in [0.4, 0.5) is 5.69 Å². The number of nitrogens with one attached hydrogen (secondary N) is 2. The van der Waals surface area contributed by atoms with Gasteiger partial charge in [-0.05, 0) is 96.0 Å². The minimum absolute atomic E-state index is 0.0314. The van der Waals surface area contributed by atoms with E-state index in [-0.39, 0.29) is 22.9 Å². The van der Waals surface area contributed by atoms with Crippen LogP contribution < -0.4 is 10.9 Å². The average molecular weight is 543 g/mol. The summed E-state index contributed by atoms with van der Waals surface area (Å²) in [7, 11) is 0. The summed E-state index contributed by atoms with van der Waals surface area (Å²) in [6.07, 6.45) is 7.18. The molecule has 9 rings (SSSR count). The van der Waals surface area contributed by atoms with Gasteiger partial charge >= 0.3 is 0 Å². The number of aromatic amines is 1. The van der Waals surface area contributed by atoms with E-state index in [0.717, 1.165) is 76.5 Å². The third-order valence-corrected chi connectivity index (χ3v) is 9.46. The van der Waals surface area contributed by atoms with Crippen molar-refractivity contribution in [3.05, 3.63) is 94.1 Å². The molecule has 0 saturated heterocycles. The van der Waals surface area contributed by atoms with Crippen molar-refractivity contribution in [2.75, 3.05) is 5.32 Å². The van der Waals surface area contributed by atoms with E-state index in [1.807, 2.05) is 42.0 Å². The van der Waals surface area contributed by atoms with Crippen LogP contribution in [0.1, 0.15) is 53.9 Å². The van der Waals surface area contributed by atoms with E-state index in [1.54, 1.807) is 17.1 Å². The van der Waals surface area contributed by atoms with Crippen LogP contribution in [0.3, 0.4) is 0 Å². The highest BCUT2D eigenvalue weighted by Crippen LogP contribution is 2.60. The number of rotatable bonds is 4. The van der Waals surface area contributed by atoms with Gasteiger partial charge in [0.05, 0.1) is 29.0 Å². The average Bonchev–Trinajstić information content (AvgIpc) is 3.71. The van der Waals surface area contributed by atoms with Gasteiger partial charge in [-0.3, -0.25) is 9.59 Å². The maximum absolute atomic E-state index is 13.7. The Labute approximate surface area is 234 Å². The van der Waals surface area contributed by atoms with E-state index in [9.17, 15) is 9.59 Å². The fraction of sp³-hybridized carbons (Fsp3) is 0.290. The number of anilines is 1. The zero-order valence-electron chi connectivity index (χ0n) is 22.3. The van der Waals surface area contributed by atoms with Crippen LogP contribution in [0.25, 0.3) is 28.1 Å². The number of hydrogen-bond donors (Lipinski definition) is 2. The first-order chi connectivity index (χ1) is 20.0. The Kier molecular flexibility index (Phi) is 4.40. The Morgan fingerprint density at radius 2 is 1.93 bits per heavy atom. The first kappa shape index (κ1) is 22.9. The lowest BCUT2D eigenvalue weighted by molar-refractivity contribution is -0.121. The van der Waals surface area contributed by atoms with Crippen LogP contribution in [0.5, 0.6) is 0 Å². The van der Waals surface area contributed by atoms with Crippen molar-refractivity contribution >= 4 is 11.6 Å². The summed E-state index contributed by atoms with van der Waals surface area (Å²) in [4.78, 5) is 34.5. The van der Waals surface area contributed by atoms with Crippen molar-refractivity contribution in [2.45, 2.75) is 44.6 Å². The Morgan fingerprint density at radius 1 is 1.02 bits per heavy atom. The highest BCUT2D eigenvalue weighted by Gasteiger charge is 2.54. The van der Waals surface area contributed by atoms with Gasteiger partial charge in [0.2, 0.25) is 5.91 Å². The van der Waals surface area contributed by atoms with Crippen LogP contribution in [0.2, 0.25) is 0 Å². The van der Waals surface area contributed by atoms with Crippen molar-refractivity contribution in [1.82, 2.24) is 34.7 Å². The summed E-state index contributed by atoms with van der Waals surface area (Å²) in [6, 6.07) is 16.0. The van der Waals surface area contributed by atoms with Crippen molar-refractivity contribution in [2.24, 2.45) is 11.3 Å². The molecule has 2 aliphatic carbocycles. The van der Waals surface area contributed by atoms with Gasteiger partial charge in [0, 0.05) is 28.9 Å². The molecule has 10 nitrogen and oxygen atoms in total. The van der Waals surface area contributed by atoms with Gasteiger partial charge < -0.3 is 14.9 Å². The normalized spacial score (nSPS) is 22.7.